The Hall–Kier alpha value is -2.90. The van der Waals surface area contributed by atoms with Crippen LogP contribution in [0.3, 0.4) is 0 Å². The number of fused-ring (bicyclic) bond motifs is 1. The summed E-state index contributed by atoms with van der Waals surface area (Å²) in [6, 6.07) is 7.53. The first kappa shape index (κ1) is 24.2. The molecule has 1 unspecified atom stereocenters. The van der Waals surface area contributed by atoms with Crippen molar-refractivity contribution in [2.24, 2.45) is 0 Å². The zero-order valence-corrected chi connectivity index (χ0v) is 18.2. The van der Waals surface area contributed by atoms with Gasteiger partial charge in [-0.1, -0.05) is 6.07 Å². The molecule has 2 heterocycles. The number of carbonyl (C=O) groups excluding carboxylic acids is 2. The second-order valence-corrected chi connectivity index (χ2v) is 9.10. The lowest BCUT2D eigenvalue weighted by atomic mass is 9.93. The van der Waals surface area contributed by atoms with Gasteiger partial charge in [-0.2, -0.15) is 22.0 Å². The van der Waals surface area contributed by atoms with E-state index in [9.17, 15) is 36.6 Å². The van der Waals surface area contributed by atoms with E-state index < -0.39 is 46.4 Å². The SMILES string of the molecule is CC1(NC(=O)c2ccc3c(c2)[C@@](O)(C(F)(F)F)C(=O)N3c2cccc(OC(F)F)c2)CCOS1. The smallest absolute Gasteiger partial charge is 0.430 e. The molecule has 2 aromatic rings. The molecule has 2 aromatic carbocycles. The Balaban J connectivity index is 1.78. The number of alkyl halides is 5. The second-order valence-electron chi connectivity index (χ2n) is 7.80. The lowest BCUT2D eigenvalue weighted by Crippen LogP contribution is -2.49. The predicted octanol–water partition coefficient (Wildman–Crippen LogP) is 4.23. The van der Waals surface area contributed by atoms with Crippen molar-refractivity contribution in [3.63, 3.8) is 0 Å². The number of hydrogen-bond donors (Lipinski definition) is 2. The largest absolute Gasteiger partial charge is 0.435 e. The number of benzene rings is 2. The van der Waals surface area contributed by atoms with Crippen LogP contribution in [0.5, 0.6) is 5.75 Å². The minimum atomic E-state index is -5.44. The quantitative estimate of drug-likeness (QED) is 0.468. The average Bonchev–Trinajstić information content (AvgIpc) is 3.27. The van der Waals surface area contributed by atoms with E-state index >= 15 is 0 Å². The molecule has 2 atom stereocenters. The number of anilines is 2. The van der Waals surface area contributed by atoms with Crippen molar-refractivity contribution < 1.29 is 45.6 Å². The van der Waals surface area contributed by atoms with Crippen LogP contribution in [-0.4, -0.2) is 41.2 Å². The van der Waals surface area contributed by atoms with Crippen molar-refractivity contribution in [3.05, 3.63) is 53.6 Å². The van der Waals surface area contributed by atoms with Gasteiger partial charge in [0.25, 0.3) is 17.4 Å². The van der Waals surface area contributed by atoms with Gasteiger partial charge in [0.2, 0.25) is 0 Å². The second kappa shape index (κ2) is 8.40. The summed E-state index contributed by atoms with van der Waals surface area (Å²) in [5.41, 5.74) is -5.65. The number of carbonyl (C=O) groups is 2. The minimum Gasteiger partial charge on any atom is -0.435 e. The Morgan fingerprint density at radius 1 is 1.26 bits per heavy atom. The zero-order valence-electron chi connectivity index (χ0n) is 17.4. The molecule has 2 amide bonds. The monoisotopic (exact) mass is 504 g/mol. The maximum absolute atomic E-state index is 14.0. The van der Waals surface area contributed by atoms with Crippen LogP contribution in [-0.2, 0) is 14.6 Å². The molecule has 2 aliphatic rings. The molecular weight excluding hydrogens is 487 g/mol. The van der Waals surface area contributed by atoms with Gasteiger partial charge in [0.05, 0.1) is 18.0 Å². The van der Waals surface area contributed by atoms with Crippen molar-refractivity contribution in [3.8, 4) is 5.75 Å². The van der Waals surface area contributed by atoms with Crippen LogP contribution in [0.2, 0.25) is 0 Å². The molecule has 2 N–H and O–H groups in total. The highest BCUT2D eigenvalue weighted by molar-refractivity contribution is 7.96. The van der Waals surface area contributed by atoms with Crippen molar-refractivity contribution in [1.29, 1.82) is 0 Å². The molecule has 0 aliphatic carbocycles. The molecule has 4 rings (SSSR count). The Morgan fingerprint density at radius 3 is 2.62 bits per heavy atom. The molecule has 1 fully saturated rings. The van der Waals surface area contributed by atoms with Crippen molar-refractivity contribution in [1.82, 2.24) is 5.32 Å². The molecule has 0 spiro atoms. The molecule has 0 aromatic heterocycles. The van der Waals surface area contributed by atoms with Crippen molar-refractivity contribution >= 4 is 35.2 Å². The molecule has 13 heteroatoms. The molecule has 7 nitrogen and oxygen atoms in total. The Labute approximate surface area is 194 Å². The zero-order chi connectivity index (χ0) is 24.9. The van der Waals surface area contributed by atoms with Crippen LogP contribution in [0.25, 0.3) is 0 Å². The van der Waals surface area contributed by atoms with Gasteiger partial charge >= 0.3 is 12.8 Å². The van der Waals surface area contributed by atoms with E-state index in [2.05, 4.69) is 10.1 Å². The minimum absolute atomic E-state index is 0.223. The first-order chi connectivity index (χ1) is 15.9. The highest BCUT2D eigenvalue weighted by atomic mass is 32.2. The third kappa shape index (κ3) is 4.07. The summed E-state index contributed by atoms with van der Waals surface area (Å²) < 4.78 is 76.6. The third-order valence-corrected chi connectivity index (χ3v) is 6.36. The number of nitrogens with one attached hydrogen (secondary N) is 1. The van der Waals surface area contributed by atoms with Gasteiger partial charge in [-0.05, 0) is 37.3 Å². The van der Waals surface area contributed by atoms with E-state index in [0.29, 0.717) is 17.9 Å². The number of hydrogen-bond acceptors (Lipinski definition) is 6. The van der Waals surface area contributed by atoms with Gasteiger partial charge in [-0.15, -0.1) is 0 Å². The Bertz CT molecular complexity index is 1140. The maximum atomic E-state index is 14.0. The molecule has 2 aliphatic heterocycles. The Kier molecular flexibility index (Phi) is 5.98. The topological polar surface area (TPSA) is 88.1 Å². The molecule has 0 radical (unpaired) electrons. The standard InChI is InChI=1S/C21H17F5N2O5S/c1-19(7-8-32-34-19)27-16(29)11-5-6-15-14(9-11)20(31,21(24,25)26)17(30)28(15)12-3-2-4-13(10-12)33-18(22)23/h2-6,9-10,18,31H,7-8H2,1H3,(H,27,29)/t19?,20-/m0/s1. The van der Waals surface area contributed by atoms with Crippen LogP contribution in [0.1, 0.15) is 29.3 Å². The summed E-state index contributed by atoms with van der Waals surface area (Å²) in [5.74, 6) is -2.90. The highest BCUT2D eigenvalue weighted by Gasteiger charge is 2.67. The number of amides is 2. The number of halogens is 5. The fourth-order valence-electron chi connectivity index (χ4n) is 3.72. The summed E-state index contributed by atoms with van der Waals surface area (Å²) in [5, 5.41) is 13.3. The van der Waals surface area contributed by atoms with Crippen LogP contribution < -0.4 is 15.0 Å². The summed E-state index contributed by atoms with van der Waals surface area (Å²) in [4.78, 5) is 25.4. The van der Waals surface area contributed by atoms with Crippen molar-refractivity contribution in [2.45, 2.75) is 36.6 Å². The fraction of sp³-hybridized carbons (Fsp3) is 0.333. The molecule has 0 saturated carbocycles. The first-order valence-corrected chi connectivity index (χ1v) is 10.6. The van der Waals surface area contributed by atoms with Gasteiger partial charge in [0.15, 0.2) is 0 Å². The molecular formula is C21H17F5N2O5S. The van der Waals surface area contributed by atoms with E-state index in [0.717, 1.165) is 36.3 Å². The van der Waals surface area contributed by atoms with E-state index in [4.69, 9.17) is 4.18 Å². The third-order valence-electron chi connectivity index (χ3n) is 5.40. The lowest BCUT2D eigenvalue weighted by Gasteiger charge is -2.26. The average molecular weight is 504 g/mol. The molecule has 0 bridgehead atoms. The first-order valence-electron chi connectivity index (χ1n) is 9.82. The van der Waals surface area contributed by atoms with Gasteiger partial charge in [-0.25, -0.2) is 0 Å². The van der Waals surface area contributed by atoms with Crippen molar-refractivity contribution in [2.75, 3.05) is 11.5 Å². The number of nitrogens with zero attached hydrogens (tertiary/aromatic N) is 1. The number of aliphatic hydroxyl groups is 1. The van der Waals surface area contributed by atoms with Crippen LogP contribution in [0.4, 0.5) is 33.3 Å². The van der Waals surface area contributed by atoms with Crippen LogP contribution in [0.15, 0.2) is 42.5 Å². The molecule has 1 saturated heterocycles. The van der Waals surface area contributed by atoms with Crippen LogP contribution >= 0.6 is 12.0 Å². The summed E-state index contributed by atoms with van der Waals surface area (Å²) in [7, 11) is 0. The maximum Gasteiger partial charge on any atom is 0.430 e. The van der Waals surface area contributed by atoms with Gasteiger partial charge in [-0.3, -0.25) is 14.5 Å². The van der Waals surface area contributed by atoms with E-state index in [1.54, 1.807) is 6.92 Å². The summed E-state index contributed by atoms with van der Waals surface area (Å²) in [6.45, 7) is -1.14. The predicted molar refractivity (Wildman–Crippen MR) is 111 cm³/mol. The highest BCUT2D eigenvalue weighted by Crippen LogP contribution is 2.52. The van der Waals surface area contributed by atoms with Gasteiger partial charge in [0, 0.05) is 35.7 Å². The number of ether oxygens (including phenoxy) is 1. The lowest BCUT2D eigenvalue weighted by molar-refractivity contribution is -0.253. The summed E-state index contributed by atoms with van der Waals surface area (Å²) >= 11 is 1.01. The molecule has 34 heavy (non-hydrogen) atoms. The molecule has 182 valence electrons. The summed E-state index contributed by atoms with van der Waals surface area (Å²) in [6.07, 6.45) is -4.98. The van der Waals surface area contributed by atoms with Gasteiger partial charge in [0.1, 0.15) is 10.6 Å². The number of rotatable bonds is 5. The van der Waals surface area contributed by atoms with E-state index in [1.165, 1.54) is 18.2 Å². The normalized spacial score (nSPS) is 24.5. The fourth-order valence-corrected chi connectivity index (χ4v) is 4.45. The Morgan fingerprint density at radius 2 is 2.00 bits per heavy atom. The van der Waals surface area contributed by atoms with Crippen LogP contribution in [0, 0.1) is 0 Å². The van der Waals surface area contributed by atoms with E-state index in [-0.39, 0.29) is 16.9 Å². The van der Waals surface area contributed by atoms with E-state index in [1.807, 2.05) is 0 Å². The van der Waals surface area contributed by atoms with Gasteiger partial charge < -0.3 is 19.3 Å².